The van der Waals surface area contributed by atoms with E-state index in [2.05, 4.69) is 24.9 Å². The van der Waals surface area contributed by atoms with Crippen LogP contribution in [-0.2, 0) is 19.5 Å². The molecule has 13 heteroatoms. The maximum absolute atomic E-state index is 13.5. The molecule has 1 aromatic carbocycles. The van der Waals surface area contributed by atoms with E-state index in [0.717, 1.165) is 5.56 Å². The van der Waals surface area contributed by atoms with Crippen molar-refractivity contribution in [1.82, 2.24) is 24.7 Å². The molecule has 1 saturated heterocycles. The lowest BCUT2D eigenvalue weighted by atomic mass is 10.1. The molecule has 194 valence electrons. The Bertz CT molecular complexity index is 1270. The van der Waals surface area contributed by atoms with Crippen LogP contribution in [0.25, 0.3) is 5.69 Å². The number of nitrogens with one attached hydrogen (secondary N) is 1. The number of para-hydroxylation sites is 1. The Hall–Kier alpha value is -3.29. The fourth-order valence-corrected chi connectivity index (χ4v) is 5.05. The second kappa shape index (κ2) is 10.8. The summed E-state index contributed by atoms with van der Waals surface area (Å²) in [4.78, 5) is 8.59. The molecule has 3 aromatic rings. The summed E-state index contributed by atoms with van der Waals surface area (Å²) in [5, 5.41) is 7.56. The summed E-state index contributed by atoms with van der Waals surface area (Å²) in [6.45, 7) is 6.29. The Morgan fingerprint density at radius 2 is 1.75 bits per heavy atom. The minimum atomic E-state index is -3.96. The Kier molecular flexibility index (Phi) is 7.71. The number of sulfonamides is 1. The van der Waals surface area contributed by atoms with Crippen molar-refractivity contribution < 1.29 is 27.4 Å². The Morgan fingerprint density at radius 3 is 2.33 bits per heavy atom. The van der Waals surface area contributed by atoms with Crippen molar-refractivity contribution in [3.05, 3.63) is 47.8 Å². The molecule has 1 fully saturated rings. The van der Waals surface area contributed by atoms with Gasteiger partial charge in [0.25, 0.3) is 0 Å². The lowest BCUT2D eigenvalue weighted by Gasteiger charge is -2.25. The van der Waals surface area contributed by atoms with Crippen molar-refractivity contribution in [3.63, 3.8) is 0 Å². The number of hydrogen-bond donors (Lipinski definition) is 1. The van der Waals surface area contributed by atoms with Crippen LogP contribution in [-0.4, -0.2) is 72.4 Å². The molecule has 2 unspecified atom stereocenters. The van der Waals surface area contributed by atoms with Crippen molar-refractivity contribution >= 4 is 16.0 Å². The summed E-state index contributed by atoms with van der Waals surface area (Å²) in [6, 6.07) is 5.23. The molecule has 1 aliphatic heterocycles. The molecule has 0 bridgehead atoms. The summed E-state index contributed by atoms with van der Waals surface area (Å²) in [6.07, 6.45) is 2.75. The molecule has 0 radical (unpaired) electrons. The fourth-order valence-electron chi connectivity index (χ4n) is 3.82. The van der Waals surface area contributed by atoms with Crippen LogP contribution in [0.5, 0.6) is 11.5 Å². The molecule has 3 heterocycles. The minimum absolute atomic E-state index is 0.0363. The van der Waals surface area contributed by atoms with Crippen molar-refractivity contribution in [2.24, 2.45) is 0 Å². The van der Waals surface area contributed by atoms with Crippen molar-refractivity contribution in [2.75, 3.05) is 38.8 Å². The summed E-state index contributed by atoms with van der Waals surface area (Å²) < 4.78 is 53.7. The van der Waals surface area contributed by atoms with E-state index >= 15 is 0 Å². The molecule has 36 heavy (non-hydrogen) atoms. The van der Waals surface area contributed by atoms with Crippen molar-refractivity contribution in [2.45, 2.75) is 38.0 Å². The Labute approximate surface area is 210 Å². The summed E-state index contributed by atoms with van der Waals surface area (Å²) in [7, 11) is -0.942. The summed E-state index contributed by atoms with van der Waals surface area (Å²) >= 11 is 0. The van der Waals surface area contributed by atoms with E-state index in [0.29, 0.717) is 42.0 Å². The van der Waals surface area contributed by atoms with Gasteiger partial charge in [-0.1, -0.05) is 13.0 Å². The average molecular weight is 519 g/mol. The number of benzene rings is 1. The standard InChI is InChI=1S/C23H30N6O6S/c1-14-11-24-21(25-12-14)15(2)16(3)36(30,31)28-23-27-26-22(19-13-34-9-10-35-19)29(23)20-17(32-4)7-6-8-18(20)33-5/h6-8,11-12,15-16,19H,9-10,13H2,1-5H3,(H,27,28)/t15?,16?,19-/m1/s1. The number of hydrogen-bond acceptors (Lipinski definition) is 10. The smallest absolute Gasteiger partial charge is 0.243 e. The molecule has 1 N–H and O–H groups in total. The van der Waals surface area contributed by atoms with Gasteiger partial charge in [0.1, 0.15) is 29.1 Å². The van der Waals surface area contributed by atoms with E-state index in [-0.39, 0.29) is 12.6 Å². The van der Waals surface area contributed by atoms with Gasteiger partial charge in [-0.2, -0.15) is 0 Å². The van der Waals surface area contributed by atoms with Gasteiger partial charge in [0, 0.05) is 18.3 Å². The van der Waals surface area contributed by atoms with Gasteiger partial charge in [-0.15, -0.1) is 10.2 Å². The van der Waals surface area contributed by atoms with Gasteiger partial charge in [-0.25, -0.2) is 18.4 Å². The van der Waals surface area contributed by atoms with Crippen LogP contribution >= 0.6 is 0 Å². The van der Waals surface area contributed by atoms with Gasteiger partial charge < -0.3 is 18.9 Å². The fraction of sp³-hybridized carbons (Fsp3) is 0.478. The van der Waals surface area contributed by atoms with Crippen LogP contribution in [0.2, 0.25) is 0 Å². The zero-order valence-corrected chi connectivity index (χ0v) is 21.7. The molecule has 0 spiro atoms. The highest BCUT2D eigenvalue weighted by atomic mass is 32.2. The SMILES string of the molecule is COc1cccc(OC)c1-n1c(NS(=O)(=O)C(C)C(C)c2ncc(C)cn2)nnc1[C@H]1COCCO1. The number of methoxy groups -OCH3 is 2. The molecule has 3 atom stereocenters. The predicted octanol–water partition coefficient (Wildman–Crippen LogP) is 2.40. The van der Waals surface area contributed by atoms with E-state index in [1.165, 1.54) is 18.8 Å². The first-order valence-corrected chi connectivity index (χ1v) is 13.0. The first kappa shape index (κ1) is 25.8. The summed E-state index contributed by atoms with van der Waals surface area (Å²) in [5.74, 6) is 1.11. The van der Waals surface area contributed by atoms with Crippen molar-refractivity contribution in [3.8, 4) is 17.2 Å². The quantitative estimate of drug-likeness (QED) is 0.449. The third kappa shape index (κ3) is 5.13. The molecule has 0 saturated carbocycles. The van der Waals surface area contributed by atoms with Crippen LogP contribution in [0.4, 0.5) is 5.95 Å². The van der Waals surface area contributed by atoms with Crippen LogP contribution in [0, 0.1) is 6.92 Å². The van der Waals surface area contributed by atoms with E-state index in [1.54, 1.807) is 44.4 Å². The van der Waals surface area contributed by atoms with E-state index in [9.17, 15) is 8.42 Å². The monoisotopic (exact) mass is 518 g/mol. The number of ether oxygens (including phenoxy) is 4. The topological polar surface area (TPSA) is 140 Å². The van der Waals surface area contributed by atoms with Crippen LogP contribution < -0.4 is 14.2 Å². The summed E-state index contributed by atoms with van der Waals surface area (Å²) in [5.41, 5.74) is 1.32. The van der Waals surface area contributed by atoms with Gasteiger partial charge >= 0.3 is 0 Å². The largest absolute Gasteiger partial charge is 0.494 e. The normalized spacial score (nSPS) is 17.9. The van der Waals surface area contributed by atoms with Gasteiger partial charge in [-0.3, -0.25) is 9.29 Å². The third-order valence-corrected chi connectivity index (χ3v) is 7.91. The zero-order chi connectivity index (χ0) is 25.9. The third-order valence-electron chi connectivity index (χ3n) is 6.05. The maximum atomic E-state index is 13.5. The van der Waals surface area contributed by atoms with E-state index in [4.69, 9.17) is 18.9 Å². The highest BCUT2D eigenvalue weighted by molar-refractivity contribution is 7.93. The van der Waals surface area contributed by atoms with Gasteiger partial charge in [0.2, 0.25) is 16.0 Å². The molecule has 12 nitrogen and oxygen atoms in total. The number of nitrogens with zero attached hydrogens (tertiary/aromatic N) is 5. The maximum Gasteiger partial charge on any atom is 0.243 e. The Morgan fingerprint density at radius 1 is 1.08 bits per heavy atom. The van der Waals surface area contributed by atoms with Gasteiger partial charge in [0.15, 0.2) is 5.82 Å². The molecule has 0 amide bonds. The minimum Gasteiger partial charge on any atom is -0.494 e. The molecule has 4 rings (SSSR count). The first-order valence-electron chi connectivity index (χ1n) is 11.4. The molecular weight excluding hydrogens is 488 g/mol. The Balaban J connectivity index is 1.77. The number of aromatic nitrogens is 5. The first-order chi connectivity index (χ1) is 17.3. The second-order valence-corrected chi connectivity index (χ2v) is 10.5. The number of rotatable bonds is 9. The second-order valence-electron chi connectivity index (χ2n) is 8.42. The lowest BCUT2D eigenvalue weighted by Crippen LogP contribution is -2.32. The predicted molar refractivity (Wildman–Crippen MR) is 131 cm³/mol. The molecule has 1 aliphatic rings. The van der Waals surface area contributed by atoms with Gasteiger partial charge in [-0.05, 0) is 31.5 Å². The van der Waals surface area contributed by atoms with E-state index in [1.807, 2.05) is 6.92 Å². The van der Waals surface area contributed by atoms with Gasteiger partial charge in [0.05, 0.1) is 39.3 Å². The average Bonchev–Trinajstić information content (AvgIpc) is 3.30. The highest BCUT2D eigenvalue weighted by Gasteiger charge is 2.34. The van der Waals surface area contributed by atoms with Crippen LogP contribution in [0.1, 0.15) is 43.1 Å². The number of anilines is 1. The lowest BCUT2D eigenvalue weighted by molar-refractivity contribution is -0.0941. The highest BCUT2D eigenvalue weighted by Crippen LogP contribution is 2.37. The van der Waals surface area contributed by atoms with Crippen LogP contribution in [0.3, 0.4) is 0 Å². The molecule has 0 aliphatic carbocycles. The molecular formula is C23H30N6O6S. The van der Waals surface area contributed by atoms with Crippen LogP contribution in [0.15, 0.2) is 30.6 Å². The number of aryl methyl sites for hydroxylation is 1. The van der Waals surface area contributed by atoms with Crippen molar-refractivity contribution in [1.29, 1.82) is 0 Å². The zero-order valence-electron chi connectivity index (χ0n) is 20.8. The molecule has 2 aromatic heterocycles. The van der Waals surface area contributed by atoms with E-state index < -0.39 is 27.3 Å².